The van der Waals surface area contributed by atoms with E-state index in [1.165, 1.54) is 0 Å². The number of nitrogens with zero attached hydrogens (tertiary/aromatic N) is 1. The first-order chi connectivity index (χ1) is 6.97. The van der Waals surface area contributed by atoms with Crippen LogP contribution in [0, 0.1) is 0 Å². The summed E-state index contributed by atoms with van der Waals surface area (Å²) in [6, 6.07) is 0. The normalized spacial score (nSPS) is 11.3. The SMILES string of the molecule is CS(=O)(=O)CCC(=O)NCc1ncc[nH]1. The Hall–Kier alpha value is -1.37. The Morgan fingerprint density at radius 3 is 2.87 bits per heavy atom. The summed E-state index contributed by atoms with van der Waals surface area (Å²) < 4.78 is 21.5. The Morgan fingerprint density at radius 2 is 2.33 bits per heavy atom. The van der Waals surface area contributed by atoms with E-state index in [-0.39, 0.29) is 24.6 Å². The highest BCUT2D eigenvalue weighted by Gasteiger charge is 2.07. The summed E-state index contributed by atoms with van der Waals surface area (Å²) in [5, 5.41) is 2.56. The van der Waals surface area contributed by atoms with Gasteiger partial charge in [0, 0.05) is 25.1 Å². The van der Waals surface area contributed by atoms with E-state index < -0.39 is 9.84 Å². The lowest BCUT2D eigenvalue weighted by molar-refractivity contribution is -0.120. The van der Waals surface area contributed by atoms with Gasteiger partial charge >= 0.3 is 0 Å². The number of hydrogen-bond acceptors (Lipinski definition) is 4. The van der Waals surface area contributed by atoms with Crippen molar-refractivity contribution in [3.05, 3.63) is 18.2 Å². The van der Waals surface area contributed by atoms with E-state index in [1.54, 1.807) is 12.4 Å². The first-order valence-electron chi connectivity index (χ1n) is 4.40. The molecule has 0 unspecified atom stereocenters. The number of aromatic nitrogens is 2. The van der Waals surface area contributed by atoms with Crippen LogP contribution in [0.5, 0.6) is 0 Å². The average molecular weight is 231 g/mol. The smallest absolute Gasteiger partial charge is 0.221 e. The highest BCUT2D eigenvalue weighted by atomic mass is 32.2. The molecule has 0 bridgehead atoms. The van der Waals surface area contributed by atoms with Gasteiger partial charge < -0.3 is 10.3 Å². The van der Waals surface area contributed by atoms with E-state index in [9.17, 15) is 13.2 Å². The number of sulfone groups is 1. The van der Waals surface area contributed by atoms with Gasteiger partial charge in [-0.2, -0.15) is 0 Å². The number of nitrogens with one attached hydrogen (secondary N) is 2. The van der Waals surface area contributed by atoms with E-state index in [2.05, 4.69) is 15.3 Å². The number of hydrogen-bond donors (Lipinski definition) is 2. The van der Waals surface area contributed by atoms with Gasteiger partial charge in [-0.3, -0.25) is 4.79 Å². The molecule has 6 nitrogen and oxygen atoms in total. The molecule has 0 aliphatic carbocycles. The number of carbonyl (C=O) groups is 1. The highest BCUT2D eigenvalue weighted by Crippen LogP contribution is 1.91. The van der Waals surface area contributed by atoms with E-state index in [0.29, 0.717) is 5.82 Å². The fourth-order valence-electron chi connectivity index (χ4n) is 0.943. The van der Waals surface area contributed by atoms with Crippen LogP contribution in [0.15, 0.2) is 12.4 Å². The molecule has 0 atom stereocenters. The maximum atomic E-state index is 11.2. The summed E-state index contributed by atoms with van der Waals surface area (Å²) in [5.41, 5.74) is 0. The first kappa shape index (κ1) is 11.7. The number of H-pyrrole nitrogens is 1. The Bertz CT molecular complexity index is 410. The van der Waals surface area contributed by atoms with E-state index in [4.69, 9.17) is 0 Å². The molecule has 15 heavy (non-hydrogen) atoms. The molecule has 1 aromatic heterocycles. The van der Waals surface area contributed by atoms with Gasteiger partial charge in [-0.1, -0.05) is 0 Å². The molecule has 1 amide bonds. The average Bonchev–Trinajstić information content (AvgIpc) is 2.62. The zero-order valence-electron chi connectivity index (χ0n) is 8.36. The predicted molar refractivity (Wildman–Crippen MR) is 54.8 cm³/mol. The molecule has 7 heteroatoms. The fourth-order valence-corrected chi connectivity index (χ4v) is 1.50. The molecular weight excluding hydrogens is 218 g/mol. The van der Waals surface area contributed by atoms with Gasteiger partial charge in [0.05, 0.1) is 12.3 Å². The Balaban J connectivity index is 2.25. The van der Waals surface area contributed by atoms with Gasteiger partial charge in [-0.25, -0.2) is 13.4 Å². The minimum atomic E-state index is -3.08. The van der Waals surface area contributed by atoms with Crippen molar-refractivity contribution in [1.82, 2.24) is 15.3 Å². The molecule has 0 aliphatic heterocycles. The molecule has 0 saturated carbocycles. The van der Waals surface area contributed by atoms with Crippen LogP contribution in [0.1, 0.15) is 12.2 Å². The lowest BCUT2D eigenvalue weighted by Gasteiger charge is -2.01. The van der Waals surface area contributed by atoms with E-state index in [0.717, 1.165) is 6.26 Å². The maximum Gasteiger partial charge on any atom is 0.221 e. The lowest BCUT2D eigenvalue weighted by atomic mass is 10.4. The van der Waals surface area contributed by atoms with Crippen LogP contribution >= 0.6 is 0 Å². The largest absolute Gasteiger partial charge is 0.349 e. The maximum absolute atomic E-state index is 11.2. The van der Waals surface area contributed by atoms with Gasteiger partial charge in [0.1, 0.15) is 15.7 Å². The molecule has 1 rings (SSSR count). The summed E-state index contributed by atoms with van der Waals surface area (Å²) in [4.78, 5) is 17.9. The third-order valence-corrected chi connectivity index (χ3v) is 2.65. The van der Waals surface area contributed by atoms with Crippen molar-refractivity contribution in [2.45, 2.75) is 13.0 Å². The van der Waals surface area contributed by atoms with Crippen LogP contribution in [0.2, 0.25) is 0 Å². The van der Waals surface area contributed by atoms with Crippen LogP contribution in [0.25, 0.3) is 0 Å². The first-order valence-corrected chi connectivity index (χ1v) is 6.46. The number of rotatable bonds is 5. The van der Waals surface area contributed by atoms with Crippen molar-refractivity contribution in [3.8, 4) is 0 Å². The van der Waals surface area contributed by atoms with Gasteiger partial charge in [0.25, 0.3) is 0 Å². The zero-order valence-corrected chi connectivity index (χ0v) is 9.17. The zero-order chi connectivity index (χ0) is 11.3. The Kier molecular flexibility index (Phi) is 3.84. The standard InChI is InChI=1S/C8H13N3O3S/c1-15(13,14)5-2-8(12)11-6-7-9-3-4-10-7/h3-4H,2,5-6H2,1H3,(H,9,10)(H,11,12). The third-order valence-electron chi connectivity index (χ3n) is 1.71. The third kappa shape index (κ3) is 5.16. The van der Waals surface area contributed by atoms with Gasteiger partial charge in [0.2, 0.25) is 5.91 Å². The monoisotopic (exact) mass is 231 g/mol. The molecule has 0 aromatic carbocycles. The number of aromatic amines is 1. The summed E-state index contributed by atoms with van der Waals surface area (Å²) in [6.07, 6.45) is 4.32. The van der Waals surface area contributed by atoms with Crippen LogP contribution in [-0.2, 0) is 21.2 Å². The van der Waals surface area contributed by atoms with Crippen LogP contribution in [0.4, 0.5) is 0 Å². The molecule has 2 N–H and O–H groups in total. The molecule has 0 spiro atoms. The molecule has 1 heterocycles. The Morgan fingerprint density at radius 1 is 1.60 bits per heavy atom. The molecule has 0 aliphatic rings. The summed E-state index contributed by atoms with van der Waals surface area (Å²) >= 11 is 0. The molecule has 0 fully saturated rings. The minimum Gasteiger partial charge on any atom is -0.349 e. The minimum absolute atomic E-state index is 0.0143. The second kappa shape index (κ2) is 4.92. The number of carbonyl (C=O) groups excluding carboxylic acids is 1. The van der Waals surface area contributed by atoms with Crippen LogP contribution in [0.3, 0.4) is 0 Å². The molecule has 0 saturated heterocycles. The number of amides is 1. The second-order valence-electron chi connectivity index (χ2n) is 3.19. The lowest BCUT2D eigenvalue weighted by Crippen LogP contribution is -2.25. The van der Waals surface area contributed by atoms with E-state index in [1.807, 2.05) is 0 Å². The Labute approximate surface area is 88.0 Å². The quantitative estimate of drug-likeness (QED) is 0.712. The van der Waals surface area contributed by atoms with Gasteiger partial charge in [-0.05, 0) is 0 Å². The predicted octanol–water partition coefficient (Wildman–Crippen LogP) is -0.539. The van der Waals surface area contributed by atoms with Gasteiger partial charge in [0.15, 0.2) is 0 Å². The molecular formula is C8H13N3O3S. The van der Waals surface area contributed by atoms with Crippen molar-refractivity contribution < 1.29 is 13.2 Å². The summed E-state index contributed by atoms with van der Waals surface area (Å²) in [5.74, 6) is 0.219. The van der Waals surface area contributed by atoms with Gasteiger partial charge in [-0.15, -0.1) is 0 Å². The van der Waals surface area contributed by atoms with Crippen LogP contribution < -0.4 is 5.32 Å². The van der Waals surface area contributed by atoms with E-state index >= 15 is 0 Å². The van der Waals surface area contributed by atoms with Crippen LogP contribution in [-0.4, -0.2) is 36.3 Å². The van der Waals surface area contributed by atoms with Crippen molar-refractivity contribution in [2.24, 2.45) is 0 Å². The summed E-state index contributed by atoms with van der Waals surface area (Å²) in [7, 11) is -3.08. The van der Waals surface area contributed by atoms with Crippen molar-refractivity contribution in [1.29, 1.82) is 0 Å². The highest BCUT2D eigenvalue weighted by molar-refractivity contribution is 7.90. The topological polar surface area (TPSA) is 91.9 Å². The molecule has 0 radical (unpaired) electrons. The second-order valence-corrected chi connectivity index (χ2v) is 5.45. The number of imidazole rings is 1. The van der Waals surface area contributed by atoms with Crippen molar-refractivity contribution in [2.75, 3.05) is 12.0 Å². The molecule has 84 valence electrons. The van der Waals surface area contributed by atoms with Crippen molar-refractivity contribution in [3.63, 3.8) is 0 Å². The van der Waals surface area contributed by atoms with Crippen molar-refractivity contribution >= 4 is 15.7 Å². The fraction of sp³-hybridized carbons (Fsp3) is 0.500. The molecule has 1 aromatic rings. The summed E-state index contributed by atoms with van der Waals surface area (Å²) in [6.45, 7) is 0.287.